The lowest BCUT2D eigenvalue weighted by Crippen LogP contribution is -2.45. The number of hydrogen-bond acceptors (Lipinski definition) is 6. The summed E-state index contributed by atoms with van der Waals surface area (Å²) in [7, 11) is 4.26. The first-order valence-corrected chi connectivity index (χ1v) is 7.63. The van der Waals surface area contributed by atoms with Crippen LogP contribution in [0.25, 0.3) is 0 Å². The van der Waals surface area contributed by atoms with Gasteiger partial charge < -0.3 is 15.2 Å². The second-order valence-corrected chi connectivity index (χ2v) is 6.30. The first kappa shape index (κ1) is 14.0. The highest BCUT2D eigenvalue weighted by Crippen LogP contribution is 2.32. The molecule has 2 aliphatic rings. The zero-order valence-corrected chi connectivity index (χ0v) is 12.5. The maximum Gasteiger partial charge on any atom is 0.231 e. The Morgan fingerprint density at radius 2 is 2.00 bits per heavy atom. The lowest BCUT2D eigenvalue weighted by atomic mass is 9.85. The maximum atomic E-state index is 6.20. The molecule has 20 heavy (non-hydrogen) atoms. The molecule has 3 unspecified atom stereocenters. The monoisotopic (exact) mass is 279 g/mol. The van der Waals surface area contributed by atoms with Crippen LogP contribution in [0.1, 0.15) is 49.4 Å². The average Bonchev–Trinajstić information content (AvgIpc) is 2.91. The highest BCUT2D eigenvalue weighted by Gasteiger charge is 2.32. The third-order valence-corrected chi connectivity index (χ3v) is 4.74. The van der Waals surface area contributed by atoms with Crippen LogP contribution in [0.5, 0.6) is 0 Å². The van der Waals surface area contributed by atoms with Gasteiger partial charge in [-0.2, -0.15) is 4.98 Å². The molecule has 0 bridgehead atoms. The number of rotatable bonds is 2. The number of piperazine rings is 1. The molecule has 3 rings (SSSR count). The van der Waals surface area contributed by atoms with Crippen LogP contribution in [0.2, 0.25) is 0 Å². The summed E-state index contributed by atoms with van der Waals surface area (Å²) < 4.78 is 5.53. The van der Waals surface area contributed by atoms with Crippen molar-refractivity contribution < 1.29 is 4.52 Å². The molecule has 0 radical (unpaired) electrons. The van der Waals surface area contributed by atoms with Crippen LogP contribution in [0.3, 0.4) is 0 Å². The third-order valence-electron chi connectivity index (χ3n) is 4.74. The van der Waals surface area contributed by atoms with Crippen molar-refractivity contribution in [3.05, 3.63) is 11.7 Å². The van der Waals surface area contributed by atoms with Crippen molar-refractivity contribution in [3.63, 3.8) is 0 Å². The normalized spacial score (nSPS) is 33.5. The van der Waals surface area contributed by atoms with Gasteiger partial charge in [0.1, 0.15) is 0 Å². The minimum absolute atomic E-state index is 0.170. The molecule has 0 amide bonds. The minimum atomic E-state index is 0.170. The van der Waals surface area contributed by atoms with Crippen molar-refractivity contribution in [1.82, 2.24) is 19.9 Å². The molecule has 6 nitrogen and oxygen atoms in total. The first-order valence-electron chi connectivity index (χ1n) is 7.63. The number of likely N-dealkylation sites (N-methyl/N-ethyl adjacent to an activating group) is 2. The first-order chi connectivity index (χ1) is 9.65. The summed E-state index contributed by atoms with van der Waals surface area (Å²) in [5.41, 5.74) is 6.20. The Kier molecular flexibility index (Phi) is 4.05. The van der Waals surface area contributed by atoms with E-state index in [1.54, 1.807) is 0 Å². The Balaban J connectivity index is 1.75. The summed E-state index contributed by atoms with van der Waals surface area (Å²) in [6, 6.07) is 0.398. The molecule has 1 saturated carbocycles. The minimum Gasteiger partial charge on any atom is -0.339 e. The number of nitrogens with two attached hydrogens (primary N) is 1. The molecule has 112 valence electrons. The van der Waals surface area contributed by atoms with Gasteiger partial charge >= 0.3 is 0 Å². The molecule has 1 saturated heterocycles. The Hall–Kier alpha value is -0.980. The van der Waals surface area contributed by atoms with Gasteiger partial charge in [0.2, 0.25) is 5.89 Å². The van der Waals surface area contributed by atoms with E-state index in [0.29, 0.717) is 0 Å². The molecule has 2 heterocycles. The fourth-order valence-corrected chi connectivity index (χ4v) is 3.29. The van der Waals surface area contributed by atoms with Crippen molar-refractivity contribution >= 4 is 0 Å². The van der Waals surface area contributed by atoms with E-state index < -0.39 is 0 Å². The summed E-state index contributed by atoms with van der Waals surface area (Å²) >= 11 is 0. The fraction of sp³-hybridized carbons (Fsp3) is 0.857. The van der Waals surface area contributed by atoms with Gasteiger partial charge in [-0.25, -0.2) is 0 Å². The smallest absolute Gasteiger partial charge is 0.231 e. The average molecular weight is 279 g/mol. The summed E-state index contributed by atoms with van der Waals surface area (Å²) in [5, 5.41) is 4.22. The van der Waals surface area contributed by atoms with Gasteiger partial charge in [0, 0.05) is 25.7 Å². The van der Waals surface area contributed by atoms with Crippen molar-refractivity contribution in [2.75, 3.05) is 33.7 Å². The molecule has 1 aliphatic carbocycles. The van der Waals surface area contributed by atoms with Gasteiger partial charge in [0.05, 0.1) is 12.0 Å². The van der Waals surface area contributed by atoms with Gasteiger partial charge in [0.15, 0.2) is 5.82 Å². The van der Waals surface area contributed by atoms with Gasteiger partial charge in [0.25, 0.3) is 0 Å². The molecule has 1 aromatic heterocycles. The van der Waals surface area contributed by atoms with E-state index in [2.05, 4.69) is 34.0 Å². The molecular formula is C14H25N5O. The molecule has 0 spiro atoms. The second-order valence-electron chi connectivity index (χ2n) is 6.30. The summed E-state index contributed by atoms with van der Waals surface area (Å²) in [6.45, 7) is 3.07. The van der Waals surface area contributed by atoms with Crippen LogP contribution in [0.4, 0.5) is 0 Å². The lowest BCUT2D eigenvalue weighted by molar-refractivity contribution is 0.108. The van der Waals surface area contributed by atoms with Crippen molar-refractivity contribution in [3.8, 4) is 0 Å². The van der Waals surface area contributed by atoms with E-state index in [0.717, 1.165) is 44.2 Å². The SMILES string of the molecule is CN1CCN(C)C(c2noc(C3CCCCC3N)n2)C1. The number of aromatic nitrogens is 2. The summed E-state index contributed by atoms with van der Waals surface area (Å²) in [4.78, 5) is 9.28. The third kappa shape index (κ3) is 2.73. The second kappa shape index (κ2) is 5.79. The molecule has 0 aromatic carbocycles. The lowest BCUT2D eigenvalue weighted by Gasteiger charge is -2.35. The topological polar surface area (TPSA) is 71.4 Å². The summed E-state index contributed by atoms with van der Waals surface area (Å²) in [6.07, 6.45) is 4.56. The van der Waals surface area contributed by atoms with Crippen molar-refractivity contribution in [2.24, 2.45) is 5.73 Å². The molecule has 1 aliphatic heterocycles. The van der Waals surface area contributed by atoms with Crippen LogP contribution in [-0.4, -0.2) is 59.7 Å². The van der Waals surface area contributed by atoms with Crippen LogP contribution >= 0.6 is 0 Å². The van der Waals surface area contributed by atoms with E-state index in [1.165, 1.54) is 12.8 Å². The van der Waals surface area contributed by atoms with Crippen LogP contribution in [-0.2, 0) is 0 Å². The largest absolute Gasteiger partial charge is 0.339 e. The van der Waals surface area contributed by atoms with Crippen molar-refractivity contribution in [1.29, 1.82) is 0 Å². The maximum absolute atomic E-state index is 6.20. The Morgan fingerprint density at radius 3 is 2.80 bits per heavy atom. The van der Waals surface area contributed by atoms with E-state index >= 15 is 0 Å². The Labute approximate surface area is 120 Å². The zero-order valence-electron chi connectivity index (χ0n) is 12.5. The van der Waals surface area contributed by atoms with Gasteiger partial charge in [-0.1, -0.05) is 18.0 Å². The van der Waals surface area contributed by atoms with E-state index in [-0.39, 0.29) is 18.0 Å². The molecule has 6 heteroatoms. The van der Waals surface area contributed by atoms with Crippen LogP contribution in [0.15, 0.2) is 4.52 Å². The van der Waals surface area contributed by atoms with Gasteiger partial charge in [-0.15, -0.1) is 0 Å². The van der Waals surface area contributed by atoms with Crippen molar-refractivity contribution in [2.45, 2.75) is 43.7 Å². The van der Waals surface area contributed by atoms with Crippen LogP contribution < -0.4 is 5.73 Å². The number of hydrogen-bond donors (Lipinski definition) is 1. The van der Waals surface area contributed by atoms with Crippen LogP contribution in [0, 0.1) is 0 Å². The molecule has 3 atom stereocenters. The number of nitrogens with zero attached hydrogens (tertiary/aromatic N) is 4. The molecule has 2 fully saturated rings. The van der Waals surface area contributed by atoms with E-state index in [1.807, 2.05) is 0 Å². The fourth-order valence-electron chi connectivity index (χ4n) is 3.29. The van der Waals surface area contributed by atoms with E-state index in [4.69, 9.17) is 10.3 Å². The quantitative estimate of drug-likeness (QED) is 0.870. The Morgan fingerprint density at radius 1 is 1.20 bits per heavy atom. The van der Waals surface area contributed by atoms with Gasteiger partial charge in [-0.3, -0.25) is 4.90 Å². The highest BCUT2D eigenvalue weighted by atomic mass is 16.5. The van der Waals surface area contributed by atoms with Gasteiger partial charge in [-0.05, 0) is 26.9 Å². The summed E-state index contributed by atoms with van der Waals surface area (Å²) in [5.74, 6) is 1.80. The predicted molar refractivity (Wildman–Crippen MR) is 76.4 cm³/mol. The Bertz CT molecular complexity index is 449. The molecule has 2 N–H and O–H groups in total. The predicted octanol–water partition coefficient (Wildman–Crippen LogP) is 0.973. The standard InChI is InChI=1S/C14H25N5O/c1-18-7-8-19(2)12(9-18)13-16-14(20-17-13)10-5-3-4-6-11(10)15/h10-12H,3-9,15H2,1-2H3. The van der Waals surface area contributed by atoms with E-state index in [9.17, 15) is 0 Å². The molecule has 1 aromatic rings. The zero-order chi connectivity index (χ0) is 14.1. The highest BCUT2D eigenvalue weighted by molar-refractivity contribution is 5.04. The molecular weight excluding hydrogens is 254 g/mol.